The Labute approximate surface area is 576 Å². The van der Waals surface area contributed by atoms with Gasteiger partial charge in [0.25, 0.3) is 0 Å². The maximum Gasteiger partial charge on any atom is 0.242 e. The van der Waals surface area contributed by atoms with Crippen LogP contribution in [0.1, 0.15) is 173 Å². The van der Waals surface area contributed by atoms with Gasteiger partial charge in [0.05, 0.1) is 97.5 Å². The Balaban J connectivity index is 0.000000189. The lowest BCUT2D eigenvalue weighted by molar-refractivity contribution is -0.256. The minimum atomic E-state index is -2.07. The molecule has 540 valence electrons. The summed E-state index contributed by atoms with van der Waals surface area (Å²) in [6.45, 7) is 11.5. The number of hydrazone groups is 1. The second-order valence-electron chi connectivity index (χ2n) is 27.3. The molecule has 6 fully saturated rings. The Bertz CT molecular complexity index is 3990. The van der Waals surface area contributed by atoms with Gasteiger partial charge < -0.3 is 92.6 Å². The summed E-state index contributed by atoms with van der Waals surface area (Å²) in [5.74, 6) is -7.04. The van der Waals surface area contributed by atoms with Gasteiger partial charge in [-0.1, -0.05) is 59.4 Å². The summed E-state index contributed by atoms with van der Waals surface area (Å²) < 4.78 is 71.5. The molecule has 1 unspecified atom stereocenters. The average molecular weight is 1400 g/mol. The molecule has 0 spiro atoms. The number of ketones is 5. The number of methoxy groups -OCH3 is 4. The van der Waals surface area contributed by atoms with Gasteiger partial charge in [-0.15, -0.1) is 0 Å². The van der Waals surface area contributed by atoms with Gasteiger partial charge in [-0.2, -0.15) is 5.10 Å². The molecule has 0 radical (unpaired) electrons. The topological polar surface area (TPSA) is 386 Å². The molecule has 6 saturated heterocycles. The summed E-state index contributed by atoms with van der Waals surface area (Å²) in [4.78, 5) is 85.9. The molecule has 100 heavy (non-hydrogen) atoms. The standard InChI is InChI=1S/C36H43N3O13.C34H39NO12.CH4/c1-15(2)33(45)38-37-22(14-40)36(46)12-18-25(31(44)27-26(29(18)42)28(41)17-7-6-8-20(47-4)24(17)30(27)43)21(13-36)51-23-11-19-32(16(3)50-23)52-34-35(48-5)49-10-9-39(19)34;1-14(2)31(40)34(41)12-17-23(29(39)25-24(27(17)37)26(36)16-7-6-8-19(42-4)22(16)28(25)38)20(13-34)46-21-11-18-30(15(3)45-21)47-32-33(43-5)44-10-9-35(18)32;/h6-8,15-16,19,21,23,32,34-35,40,42,44,46H,9-14H2,1-5H3,(H,38,45);6-8,14-15,18,20-21,30,32-33,37,39,41H,9-13H2,1-5H3;1H4/b37-22+;;/t16-,19-,21-,23-,32+,34+,35-,36-;15-,18?,20-,21-,30+,32+,33-,34-;/m00./s1. The van der Waals surface area contributed by atoms with Crippen LogP contribution in [0.2, 0.25) is 0 Å². The normalized spacial score (nSPS) is 31.9. The number of hydrogen-bond donors (Lipinski definition) is 8. The Morgan fingerprint density at radius 1 is 0.600 bits per heavy atom. The van der Waals surface area contributed by atoms with E-state index in [1.807, 2.05) is 13.8 Å². The Morgan fingerprint density at radius 3 is 1.42 bits per heavy atom. The van der Waals surface area contributed by atoms with Crippen molar-refractivity contribution >= 4 is 40.5 Å². The summed E-state index contributed by atoms with van der Waals surface area (Å²) in [5.41, 5.74) is -3.91. The van der Waals surface area contributed by atoms with Gasteiger partial charge in [-0.3, -0.25) is 38.6 Å². The first kappa shape index (κ1) is 72.4. The number of benzene rings is 4. The number of amides is 1. The molecule has 6 aliphatic heterocycles. The van der Waals surface area contributed by atoms with Gasteiger partial charge in [0.15, 0.2) is 55.0 Å². The fourth-order valence-corrected chi connectivity index (χ4v) is 16.1. The number of nitrogens with zero attached hydrogens (tertiary/aromatic N) is 3. The van der Waals surface area contributed by atoms with Gasteiger partial charge in [-0.25, -0.2) is 5.43 Å². The molecule has 4 aliphatic carbocycles. The van der Waals surface area contributed by atoms with Crippen molar-refractivity contribution in [2.75, 3.05) is 61.3 Å². The number of fused-ring (bicyclic) bond motifs is 12. The highest BCUT2D eigenvalue weighted by molar-refractivity contribution is 6.32. The van der Waals surface area contributed by atoms with E-state index < -0.39 is 179 Å². The van der Waals surface area contributed by atoms with Crippen LogP contribution in [0.5, 0.6) is 34.5 Å². The van der Waals surface area contributed by atoms with Crippen molar-refractivity contribution in [2.45, 2.75) is 185 Å². The van der Waals surface area contributed by atoms with Crippen LogP contribution in [0.15, 0.2) is 41.5 Å². The molecule has 10 aliphatic rings. The molecule has 29 heteroatoms. The van der Waals surface area contributed by atoms with Crippen LogP contribution in [0, 0.1) is 11.8 Å². The molecule has 14 rings (SSSR count). The minimum absolute atomic E-state index is 0. The van der Waals surface area contributed by atoms with Gasteiger partial charge in [-0.05, 0) is 26.0 Å². The number of aromatic hydroxyl groups is 4. The first-order valence-electron chi connectivity index (χ1n) is 33.2. The zero-order chi connectivity index (χ0) is 70.7. The SMILES string of the molecule is C.COc1cccc2c1C(=O)c1c(O)c3c(c(O)c1C2=O)C[C@@](O)(/C(CO)=N/NC(=O)C(C)C)C[C@@H]3O[C@H]1C[C@H]2[C@H](O[C@@H]3[C@@H](OC)OCCN32)[C@H](C)O1.COc1cccc2c1C(=O)c1c(O)c3c(c(O)c1C2=O)C[C@@](O)(C(=O)C(C)C)C[C@@H]3O[C@H]1CC2[C@H](O[C@@H]3[C@@H](OC)OCCN23)[C@H](C)O1. The van der Waals surface area contributed by atoms with Crippen LogP contribution in [0.4, 0.5) is 0 Å². The quantitative estimate of drug-likeness (QED) is 0.0428. The van der Waals surface area contributed by atoms with E-state index in [2.05, 4.69) is 20.3 Å². The molecule has 0 bridgehead atoms. The smallest absolute Gasteiger partial charge is 0.242 e. The summed E-state index contributed by atoms with van der Waals surface area (Å²) in [5, 5.41) is 85.9. The predicted molar refractivity (Wildman–Crippen MR) is 347 cm³/mol. The third-order valence-electron chi connectivity index (χ3n) is 20.9. The number of carbonyl (C=O) groups is 6. The van der Waals surface area contributed by atoms with Crippen molar-refractivity contribution in [3.63, 3.8) is 0 Å². The molecule has 0 aromatic heterocycles. The van der Waals surface area contributed by atoms with E-state index in [0.717, 1.165) is 0 Å². The largest absolute Gasteiger partial charge is 0.507 e. The molecule has 1 amide bonds. The van der Waals surface area contributed by atoms with Crippen LogP contribution >= 0.6 is 0 Å². The molecule has 4 aromatic rings. The number of phenols is 4. The number of aliphatic hydroxyl groups excluding tert-OH is 1. The minimum Gasteiger partial charge on any atom is -0.507 e. The predicted octanol–water partition coefficient (Wildman–Crippen LogP) is 4.28. The van der Waals surface area contributed by atoms with Gasteiger partial charge in [0.2, 0.25) is 17.5 Å². The highest BCUT2D eigenvalue weighted by Crippen LogP contribution is 2.56. The number of morpholine rings is 2. The maximum atomic E-state index is 14.1. The Kier molecular flexibility index (Phi) is 20.1. The number of nitrogens with one attached hydrogen (secondary N) is 1. The van der Waals surface area contributed by atoms with Crippen molar-refractivity contribution in [3.8, 4) is 34.5 Å². The first-order chi connectivity index (χ1) is 47.2. The van der Waals surface area contributed by atoms with E-state index in [-0.39, 0.29) is 118 Å². The average Bonchev–Trinajstić information content (AvgIpc) is 1.03. The van der Waals surface area contributed by atoms with Crippen LogP contribution in [-0.4, -0.2) is 233 Å². The van der Waals surface area contributed by atoms with E-state index in [4.69, 9.17) is 56.8 Å². The third kappa shape index (κ3) is 11.9. The lowest BCUT2D eigenvalue weighted by Crippen LogP contribution is -2.55. The zero-order valence-corrected chi connectivity index (χ0v) is 56.3. The third-order valence-corrected chi connectivity index (χ3v) is 20.9. The number of hydrogen-bond acceptors (Lipinski definition) is 28. The summed E-state index contributed by atoms with van der Waals surface area (Å²) in [7, 11) is 5.81. The Morgan fingerprint density at radius 2 is 1.02 bits per heavy atom. The van der Waals surface area contributed by atoms with E-state index in [1.165, 1.54) is 44.6 Å². The van der Waals surface area contributed by atoms with E-state index in [0.29, 0.717) is 32.7 Å². The number of carbonyl (C=O) groups excluding carboxylic acids is 6. The molecule has 6 heterocycles. The highest BCUT2D eigenvalue weighted by Gasteiger charge is 2.58. The van der Waals surface area contributed by atoms with E-state index in [1.54, 1.807) is 48.0 Å². The summed E-state index contributed by atoms with van der Waals surface area (Å²) in [6.07, 6.45) is -8.85. The van der Waals surface area contributed by atoms with Crippen LogP contribution in [-0.2, 0) is 69.8 Å². The summed E-state index contributed by atoms with van der Waals surface area (Å²) in [6, 6.07) is 8.66. The molecule has 29 nitrogen and oxygen atoms in total. The second kappa shape index (κ2) is 27.7. The molecule has 4 aromatic carbocycles. The summed E-state index contributed by atoms with van der Waals surface area (Å²) >= 11 is 0. The van der Waals surface area contributed by atoms with Gasteiger partial charge >= 0.3 is 0 Å². The van der Waals surface area contributed by atoms with Gasteiger partial charge in [0.1, 0.15) is 57.9 Å². The zero-order valence-electron chi connectivity index (χ0n) is 56.3. The molecule has 8 N–H and O–H groups in total. The molecular weight excluding hydrogens is 1310 g/mol. The number of ether oxygens (including phenoxy) is 12. The van der Waals surface area contributed by atoms with Crippen LogP contribution in [0.3, 0.4) is 0 Å². The van der Waals surface area contributed by atoms with Crippen molar-refractivity contribution in [3.05, 3.63) is 103 Å². The van der Waals surface area contributed by atoms with Crippen LogP contribution in [0.25, 0.3) is 0 Å². The lowest BCUT2D eigenvalue weighted by Gasteiger charge is -2.44. The lowest BCUT2D eigenvalue weighted by atomic mass is 9.70. The number of rotatable bonds is 14. The molecule has 16 atom stereocenters. The van der Waals surface area contributed by atoms with Crippen molar-refractivity contribution in [2.24, 2.45) is 16.9 Å². The number of aliphatic hydroxyl groups is 3. The monoisotopic (exact) mass is 1390 g/mol. The second-order valence-corrected chi connectivity index (χ2v) is 27.3. The Hall–Kier alpha value is -7.43. The number of phenolic OH excluding ortho intramolecular Hbond substituents is 4. The van der Waals surface area contributed by atoms with Crippen LogP contribution < -0.4 is 14.9 Å². The highest BCUT2D eigenvalue weighted by atomic mass is 16.7. The van der Waals surface area contributed by atoms with Crippen molar-refractivity contribution in [1.82, 2.24) is 15.2 Å². The van der Waals surface area contributed by atoms with Crippen molar-refractivity contribution < 1.29 is 121 Å². The molecule has 0 saturated carbocycles. The maximum absolute atomic E-state index is 14.1. The van der Waals surface area contributed by atoms with E-state index in [9.17, 15) is 64.5 Å². The molecular formula is C71H86N4O25. The number of Topliss-reactive ketones (excluding diaryl/α,β-unsaturated/α-hetero) is 1. The van der Waals surface area contributed by atoms with E-state index >= 15 is 0 Å². The first-order valence-corrected chi connectivity index (χ1v) is 33.2. The van der Waals surface area contributed by atoms with Crippen molar-refractivity contribution in [1.29, 1.82) is 0 Å². The van der Waals surface area contributed by atoms with Gasteiger partial charge in [0, 0.05) is 123 Å². The fraction of sp³-hybridized carbons (Fsp3) is 0.563. The fourth-order valence-electron chi connectivity index (χ4n) is 16.1.